The molecular weight excluding hydrogens is 346 g/mol. The van der Waals surface area contributed by atoms with E-state index in [1.54, 1.807) is 12.1 Å². The van der Waals surface area contributed by atoms with Crippen LogP contribution in [0.1, 0.15) is 5.56 Å². The summed E-state index contributed by atoms with van der Waals surface area (Å²) in [5.41, 5.74) is 1.81. The van der Waals surface area contributed by atoms with Crippen molar-refractivity contribution in [3.05, 3.63) is 65.2 Å². The van der Waals surface area contributed by atoms with E-state index in [1.807, 2.05) is 42.5 Å². The van der Waals surface area contributed by atoms with E-state index in [-0.39, 0.29) is 17.8 Å². The number of halogens is 1. The lowest BCUT2D eigenvalue weighted by molar-refractivity contribution is -0.113. The maximum absolute atomic E-state index is 11.9. The van der Waals surface area contributed by atoms with Gasteiger partial charge in [0.15, 0.2) is 0 Å². The van der Waals surface area contributed by atoms with Crippen molar-refractivity contribution >= 4 is 35.3 Å². The number of aromatic nitrogens is 2. The number of rotatable bonds is 6. The Morgan fingerprint density at radius 2 is 1.83 bits per heavy atom. The standard InChI is InChI=1S/C17H14ClN3O2S/c18-14-9-5-4-8-13(14)16-20-21-17(23-16)19-15(22)11-24-10-12-6-2-1-3-7-12/h1-9H,10-11H2,(H,19,21,22). The quantitative estimate of drug-likeness (QED) is 0.712. The van der Waals surface area contributed by atoms with E-state index in [0.29, 0.717) is 16.3 Å². The van der Waals surface area contributed by atoms with Gasteiger partial charge >= 0.3 is 6.01 Å². The van der Waals surface area contributed by atoms with E-state index in [1.165, 1.54) is 17.3 Å². The van der Waals surface area contributed by atoms with Crippen molar-refractivity contribution in [2.24, 2.45) is 0 Å². The summed E-state index contributed by atoms with van der Waals surface area (Å²) >= 11 is 7.60. The zero-order valence-electron chi connectivity index (χ0n) is 12.6. The second kappa shape index (κ2) is 7.99. The highest BCUT2D eigenvalue weighted by Crippen LogP contribution is 2.27. The third kappa shape index (κ3) is 4.37. The molecular formula is C17H14ClN3O2S. The van der Waals surface area contributed by atoms with Crippen molar-refractivity contribution in [2.45, 2.75) is 5.75 Å². The first-order chi connectivity index (χ1) is 11.7. The highest BCUT2D eigenvalue weighted by Gasteiger charge is 2.13. The van der Waals surface area contributed by atoms with Crippen LogP contribution in [0.2, 0.25) is 5.02 Å². The summed E-state index contributed by atoms with van der Waals surface area (Å²) in [6.07, 6.45) is 0. The van der Waals surface area contributed by atoms with Crippen molar-refractivity contribution in [3.63, 3.8) is 0 Å². The first kappa shape index (κ1) is 16.5. The van der Waals surface area contributed by atoms with Crippen LogP contribution in [-0.2, 0) is 10.5 Å². The molecule has 7 heteroatoms. The SMILES string of the molecule is O=C(CSCc1ccccc1)Nc1nnc(-c2ccccc2Cl)o1. The molecule has 24 heavy (non-hydrogen) atoms. The Labute approximate surface area is 148 Å². The normalized spacial score (nSPS) is 10.5. The van der Waals surface area contributed by atoms with Gasteiger partial charge in [0.2, 0.25) is 5.91 Å². The van der Waals surface area contributed by atoms with Crippen molar-refractivity contribution in [1.82, 2.24) is 10.2 Å². The van der Waals surface area contributed by atoms with E-state index >= 15 is 0 Å². The number of anilines is 1. The van der Waals surface area contributed by atoms with E-state index in [9.17, 15) is 4.79 Å². The van der Waals surface area contributed by atoms with Crippen LogP contribution in [0.25, 0.3) is 11.5 Å². The zero-order chi connectivity index (χ0) is 16.8. The summed E-state index contributed by atoms with van der Waals surface area (Å²) in [7, 11) is 0. The second-order valence-corrected chi connectivity index (χ2v) is 6.31. The molecule has 1 amide bonds. The molecule has 1 N–H and O–H groups in total. The van der Waals surface area contributed by atoms with E-state index in [2.05, 4.69) is 15.5 Å². The Morgan fingerprint density at radius 3 is 2.62 bits per heavy atom. The molecule has 2 aromatic carbocycles. The van der Waals surface area contributed by atoms with Gasteiger partial charge in [-0.15, -0.1) is 16.9 Å². The molecule has 1 heterocycles. The minimum absolute atomic E-state index is 0.0650. The van der Waals surface area contributed by atoms with Gasteiger partial charge in [-0.1, -0.05) is 59.2 Å². The van der Waals surface area contributed by atoms with Crippen LogP contribution in [0.4, 0.5) is 6.01 Å². The molecule has 3 rings (SSSR count). The fourth-order valence-electron chi connectivity index (χ4n) is 2.01. The number of carbonyl (C=O) groups excluding carboxylic acids is 1. The smallest absolute Gasteiger partial charge is 0.322 e. The summed E-state index contributed by atoms with van der Waals surface area (Å²) in [4.78, 5) is 11.9. The summed E-state index contributed by atoms with van der Waals surface area (Å²) in [6.45, 7) is 0. The molecule has 0 unspecified atom stereocenters. The zero-order valence-corrected chi connectivity index (χ0v) is 14.2. The Morgan fingerprint density at radius 1 is 1.08 bits per heavy atom. The fraction of sp³-hybridized carbons (Fsp3) is 0.118. The minimum Gasteiger partial charge on any atom is -0.403 e. The molecule has 0 aliphatic rings. The number of nitrogens with zero attached hydrogens (tertiary/aromatic N) is 2. The number of carbonyl (C=O) groups is 1. The average molecular weight is 360 g/mol. The first-order valence-electron chi connectivity index (χ1n) is 7.22. The van der Waals surface area contributed by atoms with Gasteiger partial charge < -0.3 is 4.42 Å². The number of hydrogen-bond donors (Lipinski definition) is 1. The van der Waals surface area contributed by atoms with Gasteiger partial charge in [-0.25, -0.2) is 0 Å². The number of nitrogens with one attached hydrogen (secondary N) is 1. The van der Waals surface area contributed by atoms with Crippen molar-refractivity contribution in [1.29, 1.82) is 0 Å². The molecule has 1 aromatic heterocycles. The summed E-state index contributed by atoms with van der Waals surface area (Å²) < 4.78 is 5.44. The third-order valence-corrected chi connectivity index (χ3v) is 4.45. The molecule has 5 nitrogen and oxygen atoms in total. The van der Waals surface area contributed by atoms with Gasteiger partial charge in [0.05, 0.1) is 16.3 Å². The topological polar surface area (TPSA) is 68.0 Å². The predicted molar refractivity (Wildman–Crippen MR) is 96.0 cm³/mol. The van der Waals surface area contributed by atoms with Gasteiger partial charge in [-0.3, -0.25) is 10.1 Å². The van der Waals surface area contributed by atoms with E-state index in [0.717, 1.165) is 5.75 Å². The number of amides is 1. The first-order valence-corrected chi connectivity index (χ1v) is 8.75. The predicted octanol–water partition coefficient (Wildman–Crippen LogP) is 4.26. The van der Waals surface area contributed by atoms with Crippen LogP contribution in [0, 0.1) is 0 Å². The molecule has 0 atom stereocenters. The molecule has 0 fully saturated rings. The second-order valence-electron chi connectivity index (χ2n) is 4.92. The van der Waals surface area contributed by atoms with Crippen molar-refractivity contribution in [2.75, 3.05) is 11.1 Å². The van der Waals surface area contributed by atoms with Crippen molar-refractivity contribution in [3.8, 4) is 11.5 Å². The van der Waals surface area contributed by atoms with Crippen LogP contribution in [0.5, 0.6) is 0 Å². The fourth-order valence-corrected chi connectivity index (χ4v) is 3.01. The van der Waals surface area contributed by atoms with Crippen LogP contribution in [0.15, 0.2) is 59.0 Å². The molecule has 0 saturated heterocycles. The van der Waals surface area contributed by atoms with Crippen molar-refractivity contribution < 1.29 is 9.21 Å². The molecule has 122 valence electrons. The lowest BCUT2D eigenvalue weighted by Gasteiger charge is -2.01. The summed E-state index contributed by atoms with van der Waals surface area (Å²) in [5, 5.41) is 10.8. The van der Waals surface area contributed by atoms with Crippen LogP contribution in [0.3, 0.4) is 0 Å². The Hall–Kier alpha value is -2.31. The van der Waals surface area contributed by atoms with Crippen LogP contribution >= 0.6 is 23.4 Å². The molecule has 0 saturated carbocycles. The molecule has 3 aromatic rings. The number of hydrogen-bond acceptors (Lipinski definition) is 5. The highest BCUT2D eigenvalue weighted by molar-refractivity contribution is 7.99. The van der Waals surface area contributed by atoms with Gasteiger partial charge in [0.25, 0.3) is 5.89 Å². The van der Waals surface area contributed by atoms with E-state index < -0.39 is 0 Å². The molecule has 0 aliphatic carbocycles. The lowest BCUT2D eigenvalue weighted by atomic mass is 10.2. The van der Waals surface area contributed by atoms with E-state index in [4.69, 9.17) is 16.0 Å². The van der Waals surface area contributed by atoms with Gasteiger partial charge in [0, 0.05) is 5.75 Å². The average Bonchev–Trinajstić information content (AvgIpc) is 3.04. The summed E-state index contributed by atoms with van der Waals surface area (Å²) in [5.74, 6) is 1.15. The number of thioether (sulfide) groups is 1. The maximum Gasteiger partial charge on any atom is 0.322 e. The Kier molecular flexibility index (Phi) is 5.51. The van der Waals surface area contributed by atoms with Gasteiger partial charge in [-0.2, -0.15) is 0 Å². The Balaban J connectivity index is 1.53. The maximum atomic E-state index is 11.9. The van der Waals surface area contributed by atoms with Gasteiger partial charge in [0.1, 0.15) is 0 Å². The lowest BCUT2D eigenvalue weighted by Crippen LogP contribution is -2.14. The van der Waals surface area contributed by atoms with Crippen LogP contribution in [-0.4, -0.2) is 21.9 Å². The highest BCUT2D eigenvalue weighted by atomic mass is 35.5. The summed E-state index contributed by atoms with van der Waals surface area (Å²) in [6, 6.07) is 17.2. The van der Waals surface area contributed by atoms with Crippen LogP contribution < -0.4 is 5.32 Å². The monoisotopic (exact) mass is 359 g/mol. The Bertz CT molecular complexity index is 823. The van der Waals surface area contributed by atoms with Gasteiger partial charge in [-0.05, 0) is 17.7 Å². The minimum atomic E-state index is -0.190. The number of benzene rings is 2. The molecule has 0 aliphatic heterocycles. The molecule has 0 spiro atoms. The largest absolute Gasteiger partial charge is 0.403 e. The molecule has 0 radical (unpaired) electrons. The molecule has 0 bridgehead atoms. The third-order valence-electron chi connectivity index (χ3n) is 3.12.